The summed E-state index contributed by atoms with van der Waals surface area (Å²) in [5, 5.41) is 0. The van der Waals surface area contributed by atoms with E-state index in [9.17, 15) is 0 Å². The smallest absolute Gasteiger partial charge is 0.298 e. The molecule has 3 aromatic rings. The van der Waals surface area contributed by atoms with Crippen LogP contribution in [-0.4, -0.2) is 57.1 Å². The van der Waals surface area contributed by atoms with Crippen molar-refractivity contribution in [2.45, 2.75) is 45.2 Å². The van der Waals surface area contributed by atoms with E-state index in [1.54, 1.807) is 6.26 Å². The summed E-state index contributed by atoms with van der Waals surface area (Å²) in [6.07, 6.45) is 9.92. The van der Waals surface area contributed by atoms with Crippen molar-refractivity contribution in [3.8, 4) is 6.01 Å². The van der Waals surface area contributed by atoms with E-state index in [-0.39, 0.29) is 0 Å². The molecule has 0 amide bonds. The van der Waals surface area contributed by atoms with Crippen LogP contribution in [0.3, 0.4) is 0 Å². The fourth-order valence-corrected chi connectivity index (χ4v) is 5.20. The first kappa shape index (κ1) is 21.1. The van der Waals surface area contributed by atoms with Gasteiger partial charge in [0.15, 0.2) is 5.65 Å². The summed E-state index contributed by atoms with van der Waals surface area (Å²) < 4.78 is 13.3. The number of hydrogen-bond acceptors (Lipinski definition) is 6. The molecule has 32 heavy (non-hydrogen) atoms. The van der Waals surface area contributed by atoms with Gasteiger partial charge in [0, 0.05) is 49.1 Å². The van der Waals surface area contributed by atoms with E-state index in [0.29, 0.717) is 24.6 Å². The van der Waals surface area contributed by atoms with Crippen molar-refractivity contribution in [3.63, 3.8) is 0 Å². The Morgan fingerprint density at radius 1 is 1.16 bits per heavy atom. The molecule has 5 rings (SSSR count). The van der Waals surface area contributed by atoms with Gasteiger partial charge in [0.2, 0.25) is 0 Å². The maximum Gasteiger partial charge on any atom is 0.298 e. The highest BCUT2D eigenvalue weighted by Gasteiger charge is 2.29. The highest BCUT2D eigenvalue weighted by molar-refractivity contribution is 5.72. The molecule has 2 aliphatic rings. The fourth-order valence-electron chi connectivity index (χ4n) is 5.20. The summed E-state index contributed by atoms with van der Waals surface area (Å²) >= 11 is 0. The summed E-state index contributed by atoms with van der Waals surface area (Å²) in [6, 6.07) is 7.06. The van der Waals surface area contributed by atoms with E-state index >= 15 is 0 Å². The molecule has 2 fully saturated rings. The number of furan rings is 1. The highest BCUT2D eigenvalue weighted by Crippen LogP contribution is 2.34. The molecule has 0 bridgehead atoms. The Morgan fingerprint density at radius 3 is 2.69 bits per heavy atom. The van der Waals surface area contributed by atoms with Crippen LogP contribution in [0, 0.1) is 5.92 Å². The van der Waals surface area contributed by atoms with Gasteiger partial charge in [0.05, 0.1) is 19.1 Å². The standard InChI is InChI=1S/C25H33N5O2/c1-3-32-25-27-23-5-4-11-26-24(23)30(25)22-8-14-29(15-9-22)19(2)21-6-12-28(13-7-21)17-20-10-16-31-18-20/h4-5,10-11,16,18,21-22H,2-3,6-9,12-15,17H2,1H3. The van der Waals surface area contributed by atoms with Gasteiger partial charge in [-0.1, -0.05) is 6.58 Å². The maximum absolute atomic E-state index is 5.86. The van der Waals surface area contributed by atoms with Crippen LogP contribution in [0.15, 0.2) is 53.6 Å². The minimum absolute atomic E-state index is 0.359. The third-order valence-corrected chi connectivity index (χ3v) is 6.97. The molecule has 2 saturated heterocycles. The van der Waals surface area contributed by atoms with E-state index in [4.69, 9.17) is 9.15 Å². The Kier molecular flexibility index (Phi) is 6.17. The summed E-state index contributed by atoms with van der Waals surface area (Å²) in [5.41, 5.74) is 4.42. The zero-order chi connectivity index (χ0) is 21.9. The molecule has 7 nitrogen and oxygen atoms in total. The van der Waals surface area contributed by atoms with Crippen LogP contribution in [0.25, 0.3) is 11.2 Å². The number of hydrogen-bond donors (Lipinski definition) is 0. The molecule has 170 valence electrons. The molecule has 0 unspecified atom stereocenters. The van der Waals surface area contributed by atoms with Crippen LogP contribution in [0.1, 0.15) is 44.2 Å². The first-order valence-electron chi connectivity index (χ1n) is 11.9. The number of likely N-dealkylation sites (tertiary alicyclic amines) is 2. The second-order valence-electron chi connectivity index (χ2n) is 8.94. The van der Waals surface area contributed by atoms with E-state index < -0.39 is 0 Å². The van der Waals surface area contributed by atoms with Gasteiger partial charge in [-0.05, 0) is 63.9 Å². The molecule has 2 aliphatic heterocycles. The zero-order valence-electron chi connectivity index (χ0n) is 18.9. The number of fused-ring (bicyclic) bond motifs is 1. The van der Waals surface area contributed by atoms with Crippen molar-refractivity contribution in [1.29, 1.82) is 0 Å². The Balaban J connectivity index is 1.18. The summed E-state index contributed by atoms with van der Waals surface area (Å²) in [6.45, 7) is 12.4. The van der Waals surface area contributed by atoms with Crippen molar-refractivity contribution in [2.75, 3.05) is 32.8 Å². The third-order valence-electron chi connectivity index (χ3n) is 6.97. The van der Waals surface area contributed by atoms with E-state index in [1.165, 1.54) is 24.1 Å². The lowest BCUT2D eigenvalue weighted by molar-refractivity contribution is 0.152. The van der Waals surface area contributed by atoms with Crippen LogP contribution >= 0.6 is 0 Å². The van der Waals surface area contributed by atoms with Crippen molar-refractivity contribution in [3.05, 3.63) is 54.8 Å². The van der Waals surface area contributed by atoms with E-state index in [0.717, 1.165) is 56.7 Å². The van der Waals surface area contributed by atoms with Crippen LogP contribution in [0.2, 0.25) is 0 Å². The van der Waals surface area contributed by atoms with Gasteiger partial charge >= 0.3 is 0 Å². The predicted octanol–water partition coefficient (Wildman–Crippen LogP) is 4.49. The third kappa shape index (κ3) is 4.26. The lowest BCUT2D eigenvalue weighted by atomic mass is 9.91. The molecule has 5 heterocycles. The Morgan fingerprint density at radius 2 is 1.97 bits per heavy atom. The van der Waals surface area contributed by atoms with Gasteiger partial charge in [-0.15, -0.1) is 0 Å². The van der Waals surface area contributed by atoms with Gasteiger partial charge in [0.25, 0.3) is 6.01 Å². The van der Waals surface area contributed by atoms with Crippen LogP contribution in [-0.2, 0) is 6.54 Å². The number of aromatic nitrogens is 3. The summed E-state index contributed by atoms with van der Waals surface area (Å²) in [4.78, 5) is 14.3. The Hall–Kier alpha value is -2.80. The monoisotopic (exact) mass is 435 g/mol. The first-order valence-corrected chi connectivity index (χ1v) is 11.9. The number of pyridine rings is 1. The Labute approximate surface area is 189 Å². The van der Waals surface area contributed by atoms with Gasteiger partial charge < -0.3 is 14.1 Å². The largest absolute Gasteiger partial charge is 0.472 e. The minimum atomic E-state index is 0.359. The van der Waals surface area contributed by atoms with Crippen LogP contribution < -0.4 is 4.74 Å². The molecule has 0 aliphatic carbocycles. The zero-order valence-corrected chi connectivity index (χ0v) is 18.9. The van der Waals surface area contributed by atoms with Gasteiger partial charge in [-0.2, -0.15) is 4.98 Å². The normalized spacial score (nSPS) is 19.0. The molecule has 0 atom stereocenters. The molecular weight excluding hydrogens is 402 g/mol. The van der Waals surface area contributed by atoms with Gasteiger partial charge in [-0.3, -0.25) is 9.47 Å². The minimum Gasteiger partial charge on any atom is -0.472 e. The number of ether oxygens (including phenoxy) is 1. The average Bonchev–Trinajstić information content (AvgIpc) is 3.47. The molecule has 0 spiro atoms. The molecule has 0 aromatic carbocycles. The summed E-state index contributed by atoms with van der Waals surface area (Å²) in [5.74, 6) is 0.585. The van der Waals surface area contributed by atoms with Crippen molar-refractivity contribution in [1.82, 2.24) is 24.3 Å². The van der Waals surface area contributed by atoms with Crippen LogP contribution in [0.4, 0.5) is 0 Å². The molecule has 7 heteroatoms. The Bertz CT molecular complexity index is 1030. The second kappa shape index (κ2) is 9.36. The van der Waals surface area contributed by atoms with E-state index in [1.807, 2.05) is 31.5 Å². The number of imidazole rings is 1. The fraction of sp³-hybridized carbons (Fsp3) is 0.520. The first-order chi connectivity index (χ1) is 15.7. The maximum atomic E-state index is 5.86. The lowest BCUT2D eigenvalue weighted by Crippen LogP contribution is -2.40. The average molecular weight is 436 g/mol. The number of allylic oxidation sites excluding steroid dienone is 1. The van der Waals surface area contributed by atoms with Crippen molar-refractivity contribution < 1.29 is 9.15 Å². The quantitative estimate of drug-likeness (QED) is 0.545. The van der Waals surface area contributed by atoms with E-state index in [2.05, 4.69) is 37.0 Å². The SMILES string of the molecule is C=C(C1CCN(Cc2ccoc2)CC1)N1CCC(n2c(OCC)nc3cccnc32)CC1. The van der Waals surface area contributed by atoms with Crippen molar-refractivity contribution >= 4 is 11.2 Å². The van der Waals surface area contributed by atoms with Gasteiger partial charge in [-0.25, -0.2) is 4.98 Å². The lowest BCUT2D eigenvalue weighted by Gasteiger charge is -2.40. The topological polar surface area (TPSA) is 59.6 Å². The molecule has 3 aromatic heterocycles. The second-order valence-corrected chi connectivity index (χ2v) is 8.94. The van der Waals surface area contributed by atoms with Gasteiger partial charge in [0.1, 0.15) is 5.52 Å². The molecule has 0 radical (unpaired) electrons. The number of rotatable bonds is 7. The summed E-state index contributed by atoms with van der Waals surface area (Å²) in [7, 11) is 0. The molecule has 0 saturated carbocycles. The van der Waals surface area contributed by atoms with Crippen molar-refractivity contribution in [2.24, 2.45) is 5.92 Å². The number of nitrogens with zero attached hydrogens (tertiary/aromatic N) is 5. The van der Waals surface area contributed by atoms with Crippen LogP contribution in [0.5, 0.6) is 6.01 Å². The highest BCUT2D eigenvalue weighted by atomic mass is 16.5. The predicted molar refractivity (Wildman–Crippen MR) is 124 cm³/mol. The molecule has 0 N–H and O–H groups in total. The number of piperidine rings is 2. The molecular formula is C25H33N5O2.